The second-order valence-electron chi connectivity index (χ2n) is 5.27. The zero-order chi connectivity index (χ0) is 17.4. The van der Waals surface area contributed by atoms with Crippen molar-refractivity contribution in [3.63, 3.8) is 0 Å². The van der Waals surface area contributed by atoms with Crippen molar-refractivity contribution in [1.82, 2.24) is 0 Å². The van der Waals surface area contributed by atoms with Gasteiger partial charge in [-0.15, -0.1) is 0 Å². The molecule has 1 aromatic carbocycles. The van der Waals surface area contributed by atoms with Crippen molar-refractivity contribution in [3.05, 3.63) is 41.7 Å². The molecule has 6 heteroatoms. The fraction of sp³-hybridized carbons (Fsp3) is 0.500. The molecule has 0 fully saturated rings. The van der Waals surface area contributed by atoms with Crippen molar-refractivity contribution in [3.8, 4) is 5.75 Å². The Morgan fingerprint density at radius 3 is 2.62 bits per heavy atom. The van der Waals surface area contributed by atoms with Crippen molar-refractivity contribution in [2.45, 2.75) is 37.8 Å². The Bertz CT molecular complexity index is 555. The van der Waals surface area contributed by atoms with Crippen LogP contribution in [0.4, 0.5) is 0 Å². The van der Waals surface area contributed by atoms with Gasteiger partial charge >= 0.3 is 5.97 Å². The standard InChI is InChI=1S/C18H23BrO5/c1-3-21-16(18(20)22-4-2)11-13-5-7-14(8-6-13)23-12-15-9-10-17(19)24-15/h5-9,16-17H,3-4,10-12H2,1-2H3/t16-,17?/m0/s1. The highest BCUT2D eigenvalue weighted by atomic mass is 79.9. The number of hydrogen-bond donors (Lipinski definition) is 0. The van der Waals surface area contributed by atoms with Gasteiger partial charge in [0, 0.05) is 19.4 Å². The van der Waals surface area contributed by atoms with Gasteiger partial charge in [-0.2, -0.15) is 0 Å². The van der Waals surface area contributed by atoms with Crippen molar-refractivity contribution >= 4 is 21.9 Å². The van der Waals surface area contributed by atoms with Gasteiger partial charge in [0.15, 0.2) is 11.1 Å². The topological polar surface area (TPSA) is 54.0 Å². The van der Waals surface area contributed by atoms with Crippen LogP contribution in [0.1, 0.15) is 25.8 Å². The van der Waals surface area contributed by atoms with Gasteiger partial charge in [0.25, 0.3) is 0 Å². The van der Waals surface area contributed by atoms with E-state index in [4.69, 9.17) is 18.9 Å². The van der Waals surface area contributed by atoms with Crippen molar-refractivity contribution < 1.29 is 23.7 Å². The number of hydrogen-bond acceptors (Lipinski definition) is 5. The first-order chi connectivity index (χ1) is 11.6. The minimum Gasteiger partial charge on any atom is -0.486 e. The van der Waals surface area contributed by atoms with Gasteiger partial charge in [-0.3, -0.25) is 0 Å². The van der Waals surface area contributed by atoms with Crippen LogP contribution in [0.25, 0.3) is 0 Å². The van der Waals surface area contributed by atoms with Crippen LogP contribution in [0, 0.1) is 0 Å². The van der Waals surface area contributed by atoms with Crippen LogP contribution < -0.4 is 4.74 Å². The van der Waals surface area contributed by atoms with Crippen LogP contribution in [0.2, 0.25) is 0 Å². The highest BCUT2D eigenvalue weighted by molar-refractivity contribution is 9.09. The van der Waals surface area contributed by atoms with Gasteiger partial charge in [0.05, 0.1) is 6.61 Å². The summed E-state index contributed by atoms with van der Waals surface area (Å²) in [7, 11) is 0. The molecule has 0 saturated heterocycles. The van der Waals surface area contributed by atoms with E-state index >= 15 is 0 Å². The number of ether oxygens (including phenoxy) is 4. The second-order valence-corrected chi connectivity index (χ2v) is 6.29. The number of halogens is 1. The summed E-state index contributed by atoms with van der Waals surface area (Å²) < 4.78 is 21.7. The van der Waals surface area contributed by atoms with Crippen molar-refractivity contribution in [2.24, 2.45) is 0 Å². The van der Waals surface area contributed by atoms with Crippen LogP contribution in [0.3, 0.4) is 0 Å². The third-order valence-electron chi connectivity index (χ3n) is 3.45. The van der Waals surface area contributed by atoms with Gasteiger partial charge in [0.2, 0.25) is 0 Å². The fourth-order valence-corrected chi connectivity index (χ4v) is 2.74. The van der Waals surface area contributed by atoms with E-state index in [0.717, 1.165) is 23.5 Å². The lowest BCUT2D eigenvalue weighted by Gasteiger charge is -2.16. The first kappa shape index (κ1) is 18.8. The summed E-state index contributed by atoms with van der Waals surface area (Å²) in [6.45, 7) is 4.87. The summed E-state index contributed by atoms with van der Waals surface area (Å²) in [5, 5.41) is 0.0526. The van der Waals surface area contributed by atoms with E-state index in [1.807, 2.05) is 37.3 Å². The lowest BCUT2D eigenvalue weighted by molar-refractivity contribution is -0.156. The molecule has 0 radical (unpaired) electrons. The first-order valence-corrected chi connectivity index (χ1v) is 9.03. The van der Waals surface area contributed by atoms with Crippen LogP contribution in [-0.2, 0) is 25.4 Å². The molecule has 0 aromatic heterocycles. The molecule has 132 valence electrons. The van der Waals surface area contributed by atoms with Gasteiger partial charge < -0.3 is 18.9 Å². The predicted octanol–water partition coefficient (Wildman–Crippen LogP) is 3.60. The molecular formula is C18H23BrO5. The summed E-state index contributed by atoms with van der Waals surface area (Å²) in [5.74, 6) is 1.26. The van der Waals surface area contributed by atoms with Crippen LogP contribution in [0.5, 0.6) is 5.75 Å². The molecule has 0 N–H and O–H groups in total. The number of rotatable bonds is 9. The maximum atomic E-state index is 11.9. The quantitative estimate of drug-likeness (QED) is 0.469. The Morgan fingerprint density at radius 1 is 1.29 bits per heavy atom. The Labute approximate surface area is 151 Å². The average Bonchev–Trinajstić information content (AvgIpc) is 2.99. The third kappa shape index (κ3) is 5.83. The SMILES string of the molecule is CCOC(=O)[C@H](Cc1ccc(OCC2=CCC(Br)O2)cc1)OCC. The highest BCUT2D eigenvalue weighted by Crippen LogP contribution is 2.22. The van der Waals surface area contributed by atoms with E-state index in [9.17, 15) is 4.79 Å². The van der Waals surface area contributed by atoms with Gasteiger partial charge in [-0.25, -0.2) is 4.79 Å². The van der Waals surface area contributed by atoms with E-state index in [-0.39, 0.29) is 11.0 Å². The number of carbonyl (C=O) groups excluding carboxylic acids is 1. The molecule has 1 heterocycles. The lowest BCUT2D eigenvalue weighted by Crippen LogP contribution is -2.28. The van der Waals surface area contributed by atoms with Crippen LogP contribution in [-0.4, -0.2) is 36.9 Å². The Kier molecular flexibility index (Phi) is 7.59. The maximum absolute atomic E-state index is 11.9. The molecular weight excluding hydrogens is 376 g/mol. The molecule has 2 atom stereocenters. The maximum Gasteiger partial charge on any atom is 0.335 e. The molecule has 1 aliphatic rings. The predicted molar refractivity (Wildman–Crippen MR) is 94.2 cm³/mol. The van der Waals surface area contributed by atoms with E-state index < -0.39 is 6.10 Å². The molecule has 5 nitrogen and oxygen atoms in total. The minimum absolute atomic E-state index is 0.0526. The Hall–Kier alpha value is -1.53. The molecule has 24 heavy (non-hydrogen) atoms. The molecule has 0 spiro atoms. The molecule has 0 saturated carbocycles. The monoisotopic (exact) mass is 398 g/mol. The summed E-state index contributed by atoms with van der Waals surface area (Å²) in [6.07, 6.45) is 2.77. The van der Waals surface area contributed by atoms with Gasteiger partial charge in [-0.05, 0) is 53.5 Å². The molecule has 2 rings (SSSR count). The largest absolute Gasteiger partial charge is 0.486 e. The number of benzene rings is 1. The average molecular weight is 399 g/mol. The van der Waals surface area contributed by atoms with Gasteiger partial charge in [0.1, 0.15) is 18.1 Å². The number of carbonyl (C=O) groups is 1. The highest BCUT2D eigenvalue weighted by Gasteiger charge is 2.20. The molecule has 0 bridgehead atoms. The molecule has 0 aliphatic carbocycles. The van der Waals surface area contributed by atoms with Crippen LogP contribution in [0.15, 0.2) is 36.1 Å². The van der Waals surface area contributed by atoms with Crippen molar-refractivity contribution in [2.75, 3.05) is 19.8 Å². The minimum atomic E-state index is -0.574. The normalized spacial score (nSPS) is 17.8. The van der Waals surface area contributed by atoms with Crippen LogP contribution >= 0.6 is 15.9 Å². The van der Waals surface area contributed by atoms with E-state index in [1.54, 1.807) is 6.92 Å². The second kappa shape index (κ2) is 9.69. The molecule has 1 aliphatic heterocycles. The Balaban J connectivity index is 1.87. The molecule has 1 aromatic rings. The van der Waals surface area contributed by atoms with E-state index in [2.05, 4.69) is 15.9 Å². The first-order valence-electron chi connectivity index (χ1n) is 8.12. The summed E-state index contributed by atoms with van der Waals surface area (Å²) in [6, 6.07) is 7.62. The summed E-state index contributed by atoms with van der Waals surface area (Å²) in [5.41, 5.74) is 0.991. The van der Waals surface area contributed by atoms with Gasteiger partial charge in [-0.1, -0.05) is 12.1 Å². The molecule has 1 unspecified atom stereocenters. The molecule has 0 amide bonds. The lowest BCUT2D eigenvalue weighted by atomic mass is 10.1. The third-order valence-corrected chi connectivity index (χ3v) is 4.01. The zero-order valence-corrected chi connectivity index (χ0v) is 15.6. The van der Waals surface area contributed by atoms with E-state index in [0.29, 0.717) is 26.2 Å². The summed E-state index contributed by atoms with van der Waals surface area (Å²) >= 11 is 3.39. The van der Waals surface area contributed by atoms with E-state index in [1.165, 1.54) is 0 Å². The van der Waals surface area contributed by atoms with Crippen molar-refractivity contribution in [1.29, 1.82) is 0 Å². The zero-order valence-electron chi connectivity index (χ0n) is 14.0. The fourth-order valence-electron chi connectivity index (χ4n) is 2.31. The smallest absolute Gasteiger partial charge is 0.335 e. The number of esters is 1. The number of alkyl halides is 1. The summed E-state index contributed by atoms with van der Waals surface area (Å²) in [4.78, 5) is 11.9. The Morgan fingerprint density at radius 2 is 2.04 bits per heavy atom.